The van der Waals surface area contributed by atoms with Gasteiger partial charge in [0.15, 0.2) is 0 Å². The van der Waals surface area contributed by atoms with Gasteiger partial charge in [0.2, 0.25) is 0 Å². The van der Waals surface area contributed by atoms with Gasteiger partial charge in [0.05, 0.1) is 5.39 Å². The SMILES string of the molecule is CCc1cc2c(=O)n3c(nc2s1)/C(=C\c1cccs1)CC3. The van der Waals surface area contributed by atoms with Crippen LogP contribution in [-0.2, 0) is 13.0 Å². The van der Waals surface area contributed by atoms with Crippen LogP contribution >= 0.6 is 22.7 Å². The maximum atomic E-state index is 12.6. The van der Waals surface area contributed by atoms with E-state index in [4.69, 9.17) is 4.98 Å². The standard InChI is InChI=1S/C16H14N2OS2/c1-2-11-9-13-15(21-11)17-14-10(5-6-18(14)16(13)19)8-12-4-3-7-20-12/h3-4,7-9H,2,5-6H2,1H3/b10-8-. The van der Waals surface area contributed by atoms with Crippen molar-refractivity contribution in [1.29, 1.82) is 0 Å². The Morgan fingerprint density at radius 3 is 3.14 bits per heavy atom. The van der Waals surface area contributed by atoms with E-state index in [2.05, 4.69) is 24.4 Å². The van der Waals surface area contributed by atoms with Crippen molar-refractivity contribution in [1.82, 2.24) is 9.55 Å². The Kier molecular flexibility index (Phi) is 3.05. The van der Waals surface area contributed by atoms with Crippen LogP contribution in [0.2, 0.25) is 0 Å². The van der Waals surface area contributed by atoms with Crippen molar-refractivity contribution in [3.8, 4) is 0 Å². The van der Waals surface area contributed by atoms with Crippen LogP contribution in [0.3, 0.4) is 0 Å². The van der Waals surface area contributed by atoms with Crippen molar-refractivity contribution in [3.63, 3.8) is 0 Å². The molecule has 1 aliphatic heterocycles. The molecule has 0 unspecified atom stereocenters. The average Bonchev–Trinajstić information content (AvgIpc) is 3.20. The number of thiophene rings is 2. The second-order valence-corrected chi connectivity index (χ2v) is 7.21. The van der Waals surface area contributed by atoms with E-state index in [1.807, 2.05) is 16.7 Å². The minimum Gasteiger partial charge on any atom is -0.292 e. The molecule has 3 nitrogen and oxygen atoms in total. The van der Waals surface area contributed by atoms with Crippen molar-refractivity contribution in [3.05, 3.63) is 49.5 Å². The largest absolute Gasteiger partial charge is 0.292 e. The van der Waals surface area contributed by atoms with Gasteiger partial charge in [0.1, 0.15) is 10.7 Å². The summed E-state index contributed by atoms with van der Waals surface area (Å²) in [6, 6.07) is 6.14. The van der Waals surface area contributed by atoms with Crippen LogP contribution in [0.5, 0.6) is 0 Å². The molecule has 0 atom stereocenters. The number of nitrogens with zero attached hydrogens (tertiary/aromatic N) is 2. The Morgan fingerprint density at radius 1 is 1.48 bits per heavy atom. The van der Waals surface area contributed by atoms with Crippen LogP contribution in [0.4, 0.5) is 0 Å². The molecule has 0 N–H and O–H groups in total. The predicted octanol–water partition coefficient (Wildman–Crippen LogP) is 4.03. The summed E-state index contributed by atoms with van der Waals surface area (Å²) in [7, 11) is 0. The Hall–Kier alpha value is -1.72. The van der Waals surface area contributed by atoms with Crippen molar-refractivity contribution in [2.24, 2.45) is 0 Å². The van der Waals surface area contributed by atoms with Gasteiger partial charge in [0, 0.05) is 16.3 Å². The molecule has 3 aromatic rings. The Bertz CT molecular complexity index is 900. The van der Waals surface area contributed by atoms with Crippen molar-refractivity contribution in [2.75, 3.05) is 0 Å². The first kappa shape index (κ1) is 13.0. The van der Waals surface area contributed by atoms with E-state index >= 15 is 0 Å². The van der Waals surface area contributed by atoms with Crippen molar-refractivity contribution >= 4 is 44.5 Å². The molecular formula is C16H14N2OS2. The lowest BCUT2D eigenvalue weighted by atomic mass is 10.2. The molecule has 0 saturated carbocycles. The lowest BCUT2D eigenvalue weighted by molar-refractivity contribution is 0.726. The van der Waals surface area contributed by atoms with E-state index in [9.17, 15) is 4.79 Å². The highest BCUT2D eigenvalue weighted by Crippen LogP contribution is 2.30. The summed E-state index contributed by atoms with van der Waals surface area (Å²) in [5.41, 5.74) is 1.28. The van der Waals surface area contributed by atoms with E-state index < -0.39 is 0 Å². The van der Waals surface area contributed by atoms with E-state index in [-0.39, 0.29) is 5.56 Å². The fourth-order valence-corrected chi connectivity index (χ4v) is 4.36. The minimum atomic E-state index is 0.112. The fraction of sp³-hybridized carbons (Fsp3) is 0.250. The van der Waals surface area contributed by atoms with Gasteiger partial charge in [-0.3, -0.25) is 9.36 Å². The second kappa shape index (κ2) is 4.93. The molecule has 21 heavy (non-hydrogen) atoms. The summed E-state index contributed by atoms with van der Waals surface area (Å²) < 4.78 is 1.83. The molecule has 0 bridgehead atoms. The average molecular weight is 314 g/mol. The van der Waals surface area contributed by atoms with Gasteiger partial charge in [-0.1, -0.05) is 13.0 Å². The summed E-state index contributed by atoms with van der Waals surface area (Å²) in [6.07, 6.45) is 4.00. The van der Waals surface area contributed by atoms with Gasteiger partial charge in [-0.15, -0.1) is 22.7 Å². The van der Waals surface area contributed by atoms with E-state index in [1.165, 1.54) is 15.3 Å². The van der Waals surface area contributed by atoms with Crippen LogP contribution < -0.4 is 5.56 Å². The molecule has 4 heterocycles. The lowest BCUT2D eigenvalue weighted by Gasteiger charge is -2.02. The van der Waals surface area contributed by atoms with Crippen LogP contribution in [0, 0.1) is 0 Å². The van der Waals surface area contributed by atoms with Gasteiger partial charge in [0.25, 0.3) is 5.56 Å². The zero-order valence-electron chi connectivity index (χ0n) is 11.6. The molecule has 5 heteroatoms. The number of allylic oxidation sites excluding steroid dienone is 1. The number of hydrogen-bond donors (Lipinski definition) is 0. The number of fused-ring (bicyclic) bond motifs is 2. The maximum absolute atomic E-state index is 12.6. The highest BCUT2D eigenvalue weighted by atomic mass is 32.1. The van der Waals surface area contributed by atoms with Gasteiger partial charge in [-0.05, 0) is 42.0 Å². The zero-order valence-corrected chi connectivity index (χ0v) is 13.3. The highest BCUT2D eigenvalue weighted by Gasteiger charge is 2.21. The van der Waals surface area contributed by atoms with Crippen molar-refractivity contribution in [2.45, 2.75) is 26.3 Å². The molecular weight excluding hydrogens is 300 g/mol. The monoisotopic (exact) mass is 314 g/mol. The van der Waals surface area contributed by atoms with Gasteiger partial charge >= 0.3 is 0 Å². The molecule has 106 valence electrons. The lowest BCUT2D eigenvalue weighted by Crippen LogP contribution is -2.19. The molecule has 0 aliphatic carbocycles. The Morgan fingerprint density at radius 2 is 2.38 bits per heavy atom. The summed E-state index contributed by atoms with van der Waals surface area (Å²) in [5.74, 6) is 0.852. The number of aromatic nitrogens is 2. The third-order valence-corrected chi connectivity index (χ3v) is 5.79. The van der Waals surface area contributed by atoms with E-state index in [0.717, 1.165) is 35.4 Å². The van der Waals surface area contributed by atoms with Crippen LogP contribution in [0.1, 0.15) is 28.9 Å². The van der Waals surface area contributed by atoms with Gasteiger partial charge in [-0.25, -0.2) is 4.98 Å². The Labute approximate surface area is 130 Å². The summed E-state index contributed by atoms with van der Waals surface area (Å²) >= 11 is 3.35. The molecule has 0 aromatic carbocycles. The maximum Gasteiger partial charge on any atom is 0.262 e. The third-order valence-electron chi connectivity index (χ3n) is 3.80. The third kappa shape index (κ3) is 2.08. The highest BCUT2D eigenvalue weighted by molar-refractivity contribution is 7.18. The van der Waals surface area contributed by atoms with E-state index in [0.29, 0.717) is 0 Å². The zero-order chi connectivity index (χ0) is 14.4. The molecule has 4 rings (SSSR count). The molecule has 0 amide bonds. The first-order chi connectivity index (χ1) is 10.3. The van der Waals surface area contributed by atoms with Crippen molar-refractivity contribution < 1.29 is 0 Å². The molecule has 0 fully saturated rings. The molecule has 0 radical (unpaired) electrons. The van der Waals surface area contributed by atoms with E-state index in [1.54, 1.807) is 22.7 Å². The molecule has 3 aromatic heterocycles. The molecule has 1 aliphatic rings. The predicted molar refractivity (Wildman–Crippen MR) is 90.1 cm³/mol. The minimum absolute atomic E-state index is 0.112. The summed E-state index contributed by atoms with van der Waals surface area (Å²) in [4.78, 5) is 20.7. The summed E-state index contributed by atoms with van der Waals surface area (Å²) in [6.45, 7) is 2.85. The normalized spacial score (nSPS) is 16.0. The number of aryl methyl sites for hydroxylation is 1. The first-order valence-corrected chi connectivity index (χ1v) is 8.73. The fourth-order valence-electron chi connectivity index (χ4n) is 2.72. The van der Waals surface area contributed by atoms with Crippen LogP contribution in [0.15, 0.2) is 28.4 Å². The first-order valence-electron chi connectivity index (χ1n) is 7.04. The summed E-state index contributed by atoms with van der Waals surface area (Å²) in [5, 5.41) is 2.84. The number of hydrogen-bond acceptors (Lipinski definition) is 4. The molecule has 0 saturated heterocycles. The smallest absolute Gasteiger partial charge is 0.262 e. The second-order valence-electron chi connectivity index (χ2n) is 5.11. The number of rotatable bonds is 2. The topological polar surface area (TPSA) is 34.9 Å². The Balaban J connectivity index is 1.92. The molecule has 0 spiro atoms. The van der Waals surface area contributed by atoms with Crippen LogP contribution in [0.25, 0.3) is 21.9 Å². The quantitative estimate of drug-likeness (QED) is 0.716. The van der Waals surface area contributed by atoms with Crippen LogP contribution in [-0.4, -0.2) is 9.55 Å². The van der Waals surface area contributed by atoms with Gasteiger partial charge < -0.3 is 0 Å². The van der Waals surface area contributed by atoms with Gasteiger partial charge in [-0.2, -0.15) is 0 Å².